The minimum atomic E-state index is 0.153. The maximum atomic E-state index is 5.43. The van der Waals surface area contributed by atoms with Gasteiger partial charge < -0.3 is 9.64 Å². The molecule has 5 nitrogen and oxygen atoms in total. The van der Waals surface area contributed by atoms with E-state index in [4.69, 9.17) is 9.73 Å². The van der Waals surface area contributed by atoms with Crippen LogP contribution >= 0.6 is 39.0 Å². The lowest BCUT2D eigenvalue weighted by Crippen LogP contribution is -2.40. The summed E-state index contributed by atoms with van der Waals surface area (Å²) in [7, 11) is 0. The molecule has 0 aromatic carbocycles. The molecule has 0 aliphatic carbocycles. The van der Waals surface area contributed by atoms with Gasteiger partial charge in [0, 0.05) is 19.3 Å². The van der Waals surface area contributed by atoms with Crippen LogP contribution in [0.1, 0.15) is 5.56 Å². The molecule has 116 valence electrons. The van der Waals surface area contributed by atoms with Crippen molar-refractivity contribution < 1.29 is 4.74 Å². The van der Waals surface area contributed by atoms with E-state index in [1.54, 1.807) is 23.1 Å². The van der Waals surface area contributed by atoms with Gasteiger partial charge >= 0.3 is 0 Å². The molecule has 0 radical (unpaired) electrons. The summed E-state index contributed by atoms with van der Waals surface area (Å²) in [5, 5.41) is 2.10. The van der Waals surface area contributed by atoms with Crippen molar-refractivity contribution in [3.8, 4) is 0 Å². The van der Waals surface area contributed by atoms with Crippen molar-refractivity contribution in [2.75, 3.05) is 26.3 Å². The van der Waals surface area contributed by atoms with Crippen molar-refractivity contribution in [3.05, 3.63) is 31.9 Å². The van der Waals surface area contributed by atoms with E-state index in [1.165, 1.54) is 9.35 Å². The zero-order valence-electron chi connectivity index (χ0n) is 11.8. The molecule has 1 atom stereocenters. The molecule has 0 bridgehead atoms. The molecule has 3 aliphatic rings. The molecule has 0 N–H and O–H groups in total. The van der Waals surface area contributed by atoms with Gasteiger partial charge in [0.05, 0.1) is 34.8 Å². The van der Waals surface area contributed by atoms with Crippen LogP contribution in [0.5, 0.6) is 0 Å². The first kappa shape index (κ1) is 14.9. The maximum absolute atomic E-state index is 5.43. The van der Waals surface area contributed by atoms with Crippen molar-refractivity contribution in [3.63, 3.8) is 0 Å². The quantitative estimate of drug-likeness (QED) is 0.784. The standard InChI is InChI=1S/C14H15BrN4OS2/c15-12-10(1-6-21-12)8-19-9-16-7-11-13(19)17-14(22-11)18-2-4-20-5-3-18/h1,6-7,9,14H,2-5,8H2. The number of amidine groups is 1. The molecule has 1 aromatic heterocycles. The van der Waals surface area contributed by atoms with Gasteiger partial charge in [-0.1, -0.05) is 11.8 Å². The summed E-state index contributed by atoms with van der Waals surface area (Å²) in [4.78, 5) is 15.0. The Labute approximate surface area is 145 Å². The van der Waals surface area contributed by atoms with Crippen LogP contribution in [-0.2, 0) is 11.3 Å². The Hall–Kier alpha value is -0.670. The molecule has 1 saturated heterocycles. The van der Waals surface area contributed by atoms with E-state index in [9.17, 15) is 0 Å². The molecule has 0 amide bonds. The van der Waals surface area contributed by atoms with E-state index in [1.807, 2.05) is 12.5 Å². The summed E-state index contributed by atoms with van der Waals surface area (Å²) in [6, 6.07) is 2.14. The van der Waals surface area contributed by atoms with Gasteiger partial charge in [0.25, 0.3) is 0 Å². The third-order valence-corrected chi connectivity index (χ3v) is 6.71. The van der Waals surface area contributed by atoms with Crippen LogP contribution < -0.4 is 0 Å². The zero-order valence-corrected chi connectivity index (χ0v) is 15.0. The number of halogens is 1. The number of rotatable bonds is 3. The Balaban J connectivity index is 1.53. The van der Waals surface area contributed by atoms with Crippen LogP contribution in [0.2, 0.25) is 0 Å². The molecule has 0 saturated carbocycles. The van der Waals surface area contributed by atoms with Gasteiger partial charge in [-0.05, 0) is 32.9 Å². The Morgan fingerprint density at radius 3 is 3.00 bits per heavy atom. The van der Waals surface area contributed by atoms with Crippen molar-refractivity contribution in [1.82, 2.24) is 9.80 Å². The SMILES string of the molecule is Brc1sccc1CN1C=NC=C2SC(N3CCOCC3)N=C21. The van der Waals surface area contributed by atoms with Gasteiger partial charge in [0.15, 0.2) is 5.50 Å². The number of morpholine rings is 1. The predicted molar refractivity (Wildman–Crippen MR) is 95.3 cm³/mol. The van der Waals surface area contributed by atoms with Gasteiger partial charge in [-0.2, -0.15) is 0 Å². The third kappa shape index (κ3) is 2.90. The molecule has 3 aliphatic heterocycles. The number of ether oxygens (including phenoxy) is 1. The highest BCUT2D eigenvalue weighted by Gasteiger charge is 2.33. The van der Waals surface area contributed by atoms with Gasteiger partial charge in [0.2, 0.25) is 0 Å². The fourth-order valence-electron chi connectivity index (χ4n) is 2.59. The molecule has 1 fully saturated rings. The van der Waals surface area contributed by atoms with E-state index in [-0.39, 0.29) is 5.50 Å². The first-order valence-corrected chi connectivity index (χ1v) is 9.65. The lowest BCUT2D eigenvalue weighted by Gasteiger charge is -2.29. The Bertz CT molecular complexity index is 651. The molecule has 0 spiro atoms. The Kier molecular flexibility index (Phi) is 4.36. The highest BCUT2D eigenvalue weighted by molar-refractivity contribution is 9.11. The summed E-state index contributed by atoms with van der Waals surface area (Å²) in [6.45, 7) is 4.27. The van der Waals surface area contributed by atoms with E-state index < -0.39 is 0 Å². The first-order chi connectivity index (χ1) is 10.8. The van der Waals surface area contributed by atoms with Crippen LogP contribution in [0.25, 0.3) is 0 Å². The zero-order chi connectivity index (χ0) is 14.9. The highest BCUT2D eigenvalue weighted by Crippen LogP contribution is 2.37. The van der Waals surface area contributed by atoms with Crippen LogP contribution in [-0.4, -0.2) is 53.8 Å². The van der Waals surface area contributed by atoms with E-state index in [0.29, 0.717) is 0 Å². The number of fused-ring (bicyclic) bond motifs is 1. The summed E-state index contributed by atoms with van der Waals surface area (Å²) < 4.78 is 6.60. The van der Waals surface area contributed by atoms with Crippen LogP contribution in [0.3, 0.4) is 0 Å². The monoisotopic (exact) mass is 398 g/mol. The van der Waals surface area contributed by atoms with Crippen molar-refractivity contribution in [2.45, 2.75) is 12.0 Å². The topological polar surface area (TPSA) is 40.4 Å². The predicted octanol–water partition coefficient (Wildman–Crippen LogP) is 2.96. The Morgan fingerprint density at radius 2 is 2.23 bits per heavy atom. The van der Waals surface area contributed by atoms with Crippen LogP contribution in [0.4, 0.5) is 0 Å². The summed E-state index contributed by atoms with van der Waals surface area (Å²) in [5.74, 6) is 1.04. The van der Waals surface area contributed by atoms with Crippen molar-refractivity contribution >= 4 is 51.2 Å². The van der Waals surface area contributed by atoms with Gasteiger partial charge in [-0.25, -0.2) is 9.98 Å². The largest absolute Gasteiger partial charge is 0.379 e. The first-order valence-electron chi connectivity index (χ1n) is 7.10. The van der Waals surface area contributed by atoms with Crippen LogP contribution in [0.15, 0.2) is 36.3 Å². The van der Waals surface area contributed by atoms with Gasteiger partial charge in [0.1, 0.15) is 5.84 Å². The summed E-state index contributed by atoms with van der Waals surface area (Å²) in [5.41, 5.74) is 1.42. The molecular weight excluding hydrogens is 384 g/mol. The molecule has 4 heterocycles. The molecule has 1 aromatic rings. The summed E-state index contributed by atoms with van der Waals surface area (Å²) in [6.07, 6.45) is 3.79. The second-order valence-electron chi connectivity index (χ2n) is 5.15. The van der Waals surface area contributed by atoms with Crippen molar-refractivity contribution in [1.29, 1.82) is 0 Å². The normalized spacial score (nSPS) is 25.1. The minimum absolute atomic E-state index is 0.153. The van der Waals surface area contributed by atoms with Gasteiger partial charge in [-0.15, -0.1) is 11.3 Å². The minimum Gasteiger partial charge on any atom is -0.379 e. The van der Waals surface area contributed by atoms with E-state index in [2.05, 4.69) is 42.2 Å². The molecule has 8 heteroatoms. The molecule has 4 rings (SSSR count). The van der Waals surface area contributed by atoms with E-state index >= 15 is 0 Å². The molecular formula is C14H15BrN4OS2. The van der Waals surface area contributed by atoms with Gasteiger partial charge in [-0.3, -0.25) is 4.90 Å². The lowest BCUT2D eigenvalue weighted by atomic mass is 10.3. The number of thioether (sulfide) groups is 1. The number of hydrogen-bond acceptors (Lipinski definition) is 7. The average Bonchev–Trinajstić information content (AvgIpc) is 3.16. The number of nitrogens with zero attached hydrogens (tertiary/aromatic N) is 4. The molecule has 22 heavy (non-hydrogen) atoms. The second kappa shape index (κ2) is 6.45. The summed E-state index contributed by atoms with van der Waals surface area (Å²) >= 11 is 7.10. The fourth-order valence-corrected chi connectivity index (χ4v) is 4.94. The number of hydrogen-bond donors (Lipinski definition) is 0. The number of aliphatic imine (C=N–C) groups is 2. The average molecular weight is 399 g/mol. The number of thiophene rings is 1. The Morgan fingerprint density at radius 1 is 1.36 bits per heavy atom. The van der Waals surface area contributed by atoms with Crippen LogP contribution in [0, 0.1) is 0 Å². The maximum Gasteiger partial charge on any atom is 0.156 e. The fraction of sp³-hybridized carbons (Fsp3) is 0.429. The molecule has 1 unspecified atom stereocenters. The van der Waals surface area contributed by atoms with E-state index in [0.717, 1.165) is 43.6 Å². The third-order valence-electron chi connectivity index (χ3n) is 3.75. The smallest absolute Gasteiger partial charge is 0.156 e. The van der Waals surface area contributed by atoms with Crippen molar-refractivity contribution in [2.24, 2.45) is 9.98 Å². The highest BCUT2D eigenvalue weighted by atomic mass is 79.9. The second-order valence-corrected chi connectivity index (χ2v) is 8.48. The lowest BCUT2D eigenvalue weighted by molar-refractivity contribution is 0.0341.